The van der Waals surface area contributed by atoms with E-state index < -0.39 is 0 Å². The summed E-state index contributed by atoms with van der Waals surface area (Å²) < 4.78 is 5.15. The van der Waals surface area contributed by atoms with Gasteiger partial charge in [0.25, 0.3) is 0 Å². The molecule has 0 saturated heterocycles. The lowest BCUT2D eigenvalue weighted by Crippen LogP contribution is -2.40. The summed E-state index contributed by atoms with van der Waals surface area (Å²) in [7, 11) is 1.61. The molecule has 0 aliphatic carbocycles. The van der Waals surface area contributed by atoms with Gasteiger partial charge in [-0.05, 0) is 42.0 Å². The van der Waals surface area contributed by atoms with E-state index in [0.717, 1.165) is 22.7 Å². The van der Waals surface area contributed by atoms with Crippen molar-refractivity contribution in [3.05, 3.63) is 59.9 Å². The first kappa shape index (κ1) is 17.6. The summed E-state index contributed by atoms with van der Waals surface area (Å²) in [5.41, 5.74) is 2.45. The third-order valence-corrected chi connectivity index (χ3v) is 4.01. The first-order chi connectivity index (χ1) is 12.7. The molecule has 0 unspecified atom stereocenters. The van der Waals surface area contributed by atoms with E-state index in [4.69, 9.17) is 4.74 Å². The minimum atomic E-state index is -0.274. The predicted octanol–water partition coefficient (Wildman–Crippen LogP) is 1.73. The molecule has 0 saturated carbocycles. The Bertz CT molecular complexity index is 803. The molecule has 1 aliphatic heterocycles. The number of methoxy groups -OCH3 is 1. The molecule has 2 aromatic rings. The number of benzene rings is 1. The van der Waals surface area contributed by atoms with Gasteiger partial charge in [-0.3, -0.25) is 14.6 Å². The minimum Gasteiger partial charge on any atom is -0.497 e. The average molecular weight is 352 g/mol. The van der Waals surface area contributed by atoms with Crippen molar-refractivity contribution < 1.29 is 14.3 Å². The third-order valence-electron chi connectivity index (χ3n) is 4.01. The van der Waals surface area contributed by atoms with Crippen LogP contribution in [0.15, 0.2) is 53.8 Å². The summed E-state index contributed by atoms with van der Waals surface area (Å²) in [6.45, 7) is 0.210. The van der Waals surface area contributed by atoms with Gasteiger partial charge in [-0.25, -0.2) is 5.01 Å². The molecule has 2 amide bonds. The quantitative estimate of drug-likeness (QED) is 0.858. The number of pyridine rings is 1. The zero-order valence-corrected chi connectivity index (χ0v) is 14.5. The summed E-state index contributed by atoms with van der Waals surface area (Å²) in [5, 5.41) is 8.36. The second-order valence-corrected chi connectivity index (χ2v) is 5.82. The van der Waals surface area contributed by atoms with Crippen molar-refractivity contribution in [3.8, 4) is 5.75 Å². The SMILES string of the molecule is COc1ccc(C2=NN(CC(=O)NCc3ccccn3)C(=O)CC2)cc1. The first-order valence-corrected chi connectivity index (χ1v) is 8.34. The van der Waals surface area contributed by atoms with Crippen LogP contribution in [0.2, 0.25) is 0 Å². The molecule has 7 nitrogen and oxygen atoms in total. The lowest BCUT2D eigenvalue weighted by atomic mass is 10.0. The molecule has 0 bridgehead atoms. The van der Waals surface area contributed by atoms with E-state index >= 15 is 0 Å². The molecule has 0 radical (unpaired) electrons. The summed E-state index contributed by atoms with van der Waals surface area (Å²) in [5.74, 6) is 0.325. The van der Waals surface area contributed by atoms with Crippen molar-refractivity contribution in [1.29, 1.82) is 0 Å². The van der Waals surface area contributed by atoms with Crippen LogP contribution in [0, 0.1) is 0 Å². The van der Waals surface area contributed by atoms with Gasteiger partial charge in [-0.1, -0.05) is 6.07 Å². The fraction of sp³-hybridized carbons (Fsp3) is 0.263. The van der Waals surface area contributed by atoms with E-state index in [2.05, 4.69) is 15.4 Å². The second kappa shape index (κ2) is 8.24. The Morgan fingerprint density at radius 1 is 1.19 bits per heavy atom. The maximum absolute atomic E-state index is 12.1. The number of amides is 2. The van der Waals surface area contributed by atoms with Crippen LogP contribution in [0.4, 0.5) is 0 Å². The number of nitrogens with zero attached hydrogens (tertiary/aromatic N) is 3. The van der Waals surface area contributed by atoms with Gasteiger partial charge in [0.05, 0.1) is 25.1 Å². The Hall–Kier alpha value is -3.22. The largest absolute Gasteiger partial charge is 0.497 e. The molecule has 26 heavy (non-hydrogen) atoms. The molecule has 1 aromatic carbocycles. The van der Waals surface area contributed by atoms with Crippen molar-refractivity contribution in [2.75, 3.05) is 13.7 Å². The monoisotopic (exact) mass is 352 g/mol. The number of hydrogen-bond acceptors (Lipinski definition) is 5. The normalized spacial score (nSPS) is 14.0. The van der Waals surface area contributed by atoms with Crippen molar-refractivity contribution in [2.24, 2.45) is 5.10 Å². The maximum Gasteiger partial charge on any atom is 0.243 e. The van der Waals surface area contributed by atoms with Crippen molar-refractivity contribution in [2.45, 2.75) is 19.4 Å². The van der Waals surface area contributed by atoms with Crippen LogP contribution >= 0.6 is 0 Å². The van der Waals surface area contributed by atoms with Gasteiger partial charge in [-0.2, -0.15) is 5.10 Å². The van der Waals surface area contributed by atoms with E-state index in [-0.39, 0.29) is 18.4 Å². The molecule has 0 atom stereocenters. The molecule has 2 heterocycles. The Balaban J connectivity index is 1.63. The van der Waals surface area contributed by atoms with Crippen molar-refractivity contribution in [1.82, 2.24) is 15.3 Å². The van der Waals surface area contributed by atoms with E-state index in [1.807, 2.05) is 42.5 Å². The Morgan fingerprint density at radius 2 is 2.00 bits per heavy atom. The molecule has 0 fully saturated rings. The van der Waals surface area contributed by atoms with E-state index in [1.54, 1.807) is 13.3 Å². The van der Waals surface area contributed by atoms with Crippen LogP contribution < -0.4 is 10.1 Å². The van der Waals surface area contributed by atoms with Crippen LogP contribution in [-0.2, 0) is 16.1 Å². The molecule has 134 valence electrons. The van der Waals surface area contributed by atoms with Crippen molar-refractivity contribution >= 4 is 17.5 Å². The topological polar surface area (TPSA) is 83.9 Å². The Kier molecular flexibility index (Phi) is 5.58. The predicted molar refractivity (Wildman–Crippen MR) is 96.6 cm³/mol. The van der Waals surface area contributed by atoms with Gasteiger partial charge in [0.1, 0.15) is 12.3 Å². The highest BCUT2D eigenvalue weighted by atomic mass is 16.5. The van der Waals surface area contributed by atoms with Crippen LogP contribution in [-0.4, -0.2) is 41.2 Å². The minimum absolute atomic E-state index is 0.106. The van der Waals surface area contributed by atoms with Gasteiger partial charge in [0, 0.05) is 19.0 Å². The zero-order chi connectivity index (χ0) is 18.4. The molecule has 1 aliphatic rings. The molecule has 1 aromatic heterocycles. The second-order valence-electron chi connectivity index (χ2n) is 5.82. The highest BCUT2D eigenvalue weighted by Crippen LogP contribution is 2.18. The zero-order valence-electron chi connectivity index (χ0n) is 14.5. The molecule has 0 spiro atoms. The number of aromatic nitrogens is 1. The summed E-state index contributed by atoms with van der Waals surface area (Å²) in [4.78, 5) is 28.4. The standard InChI is InChI=1S/C19H20N4O3/c1-26-16-7-5-14(6-8-16)17-9-10-19(25)23(22-17)13-18(24)21-12-15-4-2-3-11-20-15/h2-8,11H,9-10,12-13H2,1H3,(H,21,24). The van der Waals surface area contributed by atoms with Gasteiger partial charge in [-0.15, -0.1) is 0 Å². The molecule has 1 N–H and O–H groups in total. The van der Waals surface area contributed by atoms with Crippen LogP contribution in [0.25, 0.3) is 0 Å². The lowest BCUT2D eigenvalue weighted by molar-refractivity contribution is -0.136. The summed E-state index contributed by atoms with van der Waals surface area (Å²) in [6.07, 6.45) is 2.55. The van der Waals surface area contributed by atoms with Gasteiger partial charge >= 0.3 is 0 Å². The highest BCUT2D eigenvalue weighted by Gasteiger charge is 2.23. The van der Waals surface area contributed by atoms with Gasteiger partial charge in [0.2, 0.25) is 11.8 Å². The number of rotatable bonds is 6. The van der Waals surface area contributed by atoms with Crippen molar-refractivity contribution in [3.63, 3.8) is 0 Å². The van der Waals surface area contributed by atoms with E-state index in [1.165, 1.54) is 5.01 Å². The van der Waals surface area contributed by atoms with Gasteiger partial charge in [0.15, 0.2) is 0 Å². The average Bonchev–Trinajstić information content (AvgIpc) is 2.69. The van der Waals surface area contributed by atoms with Crippen LogP contribution in [0.1, 0.15) is 24.1 Å². The number of hydrogen-bond donors (Lipinski definition) is 1. The fourth-order valence-corrected chi connectivity index (χ4v) is 2.60. The third kappa shape index (κ3) is 4.44. The molecule has 3 rings (SSSR count). The summed E-state index contributed by atoms with van der Waals surface area (Å²) >= 11 is 0. The number of carbonyl (C=O) groups excluding carboxylic acids is 2. The fourth-order valence-electron chi connectivity index (χ4n) is 2.60. The number of ether oxygens (including phenoxy) is 1. The van der Waals surface area contributed by atoms with E-state index in [9.17, 15) is 9.59 Å². The van der Waals surface area contributed by atoms with Crippen LogP contribution in [0.5, 0.6) is 5.75 Å². The summed E-state index contributed by atoms with van der Waals surface area (Å²) in [6, 6.07) is 13.0. The first-order valence-electron chi connectivity index (χ1n) is 8.34. The lowest BCUT2D eigenvalue weighted by Gasteiger charge is -2.23. The van der Waals surface area contributed by atoms with Gasteiger partial charge < -0.3 is 10.1 Å². The smallest absolute Gasteiger partial charge is 0.243 e. The Morgan fingerprint density at radius 3 is 2.69 bits per heavy atom. The number of hydrazone groups is 1. The Labute approximate surface area is 151 Å². The number of carbonyl (C=O) groups is 2. The molecule has 7 heteroatoms. The van der Waals surface area contributed by atoms with E-state index in [0.29, 0.717) is 19.4 Å². The molecular formula is C19H20N4O3. The highest BCUT2D eigenvalue weighted by molar-refractivity contribution is 6.04. The van der Waals surface area contributed by atoms with Crippen LogP contribution in [0.3, 0.4) is 0 Å². The molecular weight excluding hydrogens is 332 g/mol. The maximum atomic E-state index is 12.1. The number of nitrogens with one attached hydrogen (secondary N) is 1.